The third-order valence-electron chi connectivity index (χ3n) is 4.51. The highest BCUT2D eigenvalue weighted by atomic mass is 35.5. The van der Waals surface area contributed by atoms with Crippen molar-refractivity contribution in [3.8, 4) is 0 Å². The lowest BCUT2D eigenvalue weighted by atomic mass is 10.1. The van der Waals surface area contributed by atoms with Gasteiger partial charge in [-0.25, -0.2) is 0 Å². The summed E-state index contributed by atoms with van der Waals surface area (Å²) < 4.78 is 3.85. The van der Waals surface area contributed by atoms with Crippen molar-refractivity contribution in [2.75, 3.05) is 25.0 Å². The van der Waals surface area contributed by atoms with Crippen LogP contribution in [0, 0.1) is 5.41 Å². The van der Waals surface area contributed by atoms with Gasteiger partial charge in [0.15, 0.2) is 6.61 Å². The number of nitrogens with one attached hydrogen (secondary N) is 1. The molecule has 1 N–H and O–H groups in total. The Kier molecular flexibility index (Phi) is 6.19. The van der Waals surface area contributed by atoms with Gasteiger partial charge in [-0.1, -0.05) is 0 Å². The summed E-state index contributed by atoms with van der Waals surface area (Å²) in [5.74, 6) is -1.15. The predicted molar refractivity (Wildman–Crippen MR) is 100 cm³/mol. The van der Waals surface area contributed by atoms with Crippen LogP contribution >= 0.6 is 23.2 Å². The van der Waals surface area contributed by atoms with Crippen molar-refractivity contribution >= 4 is 46.7 Å². The molecule has 1 aliphatic rings. The van der Waals surface area contributed by atoms with E-state index in [0.29, 0.717) is 30.8 Å². The lowest BCUT2D eigenvalue weighted by molar-refractivity contribution is -0.152. The summed E-state index contributed by atoms with van der Waals surface area (Å²) in [6.07, 6.45) is 0.297. The number of halogens is 2. The lowest BCUT2D eigenvalue weighted by Gasteiger charge is -2.18. The molecular weight excluding hydrogens is 379 g/mol. The standard InChI is InChI=1S/C18H22Cl2N2O4/c1-4-22(5-2)15(24)12-6-8-13(9-7-12)21-14(23)10-26-16(25)17(3)11-18(17,19)20/h6-9H,4-5,10-11H2,1-3H3,(H,21,23)/t17-/m1/s1. The van der Waals surface area contributed by atoms with Gasteiger partial charge in [0.05, 0.1) is 0 Å². The largest absolute Gasteiger partial charge is 0.455 e. The predicted octanol–water partition coefficient (Wildman–Crippen LogP) is 3.23. The monoisotopic (exact) mass is 400 g/mol. The fraction of sp³-hybridized carbons (Fsp3) is 0.500. The molecule has 0 saturated heterocycles. The topological polar surface area (TPSA) is 75.7 Å². The molecule has 1 aromatic carbocycles. The van der Waals surface area contributed by atoms with Crippen LogP contribution in [-0.4, -0.2) is 46.7 Å². The normalized spacial score (nSPS) is 20.2. The molecule has 6 nitrogen and oxygen atoms in total. The minimum absolute atomic E-state index is 0.0647. The van der Waals surface area contributed by atoms with Gasteiger partial charge in [-0.05, 0) is 45.0 Å². The highest BCUT2D eigenvalue weighted by Crippen LogP contribution is 2.64. The Morgan fingerprint density at radius 3 is 2.15 bits per heavy atom. The second-order valence-corrected chi connectivity index (χ2v) is 7.88. The van der Waals surface area contributed by atoms with E-state index in [2.05, 4.69) is 5.32 Å². The van der Waals surface area contributed by atoms with Gasteiger partial charge in [-0.2, -0.15) is 0 Å². The zero-order valence-corrected chi connectivity index (χ0v) is 16.5. The second kappa shape index (κ2) is 7.84. The fourth-order valence-electron chi connectivity index (χ4n) is 2.50. The van der Waals surface area contributed by atoms with Crippen molar-refractivity contribution in [2.24, 2.45) is 5.41 Å². The number of carbonyl (C=O) groups excluding carboxylic acids is 3. The smallest absolute Gasteiger partial charge is 0.315 e. The van der Waals surface area contributed by atoms with Gasteiger partial charge in [0, 0.05) is 30.8 Å². The van der Waals surface area contributed by atoms with Gasteiger partial charge >= 0.3 is 5.97 Å². The summed E-state index contributed by atoms with van der Waals surface area (Å²) in [5, 5.41) is 2.61. The molecule has 1 aliphatic carbocycles. The molecule has 0 bridgehead atoms. The van der Waals surface area contributed by atoms with Crippen molar-refractivity contribution in [3.63, 3.8) is 0 Å². The van der Waals surface area contributed by atoms with Crippen LogP contribution in [0.3, 0.4) is 0 Å². The first kappa shape index (κ1) is 20.5. The number of rotatable bonds is 7. The lowest BCUT2D eigenvalue weighted by Crippen LogP contribution is -2.30. The van der Waals surface area contributed by atoms with E-state index < -0.39 is 28.2 Å². The number of carbonyl (C=O) groups is 3. The molecule has 0 spiro atoms. The van der Waals surface area contributed by atoms with E-state index in [9.17, 15) is 14.4 Å². The molecule has 1 atom stereocenters. The van der Waals surface area contributed by atoms with Crippen LogP contribution in [-0.2, 0) is 14.3 Å². The minimum Gasteiger partial charge on any atom is -0.455 e. The molecule has 142 valence electrons. The summed E-state index contributed by atoms with van der Waals surface area (Å²) in [6.45, 7) is 6.25. The van der Waals surface area contributed by atoms with Crippen molar-refractivity contribution in [3.05, 3.63) is 29.8 Å². The molecule has 8 heteroatoms. The molecule has 1 saturated carbocycles. The van der Waals surface area contributed by atoms with Gasteiger partial charge in [0.25, 0.3) is 11.8 Å². The van der Waals surface area contributed by atoms with Crippen LogP contribution in [0.15, 0.2) is 24.3 Å². The number of esters is 1. The van der Waals surface area contributed by atoms with E-state index in [1.807, 2.05) is 13.8 Å². The summed E-state index contributed by atoms with van der Waals surface area (Å²) in [4.78, 5) is 37.8. The summed E-state index contributed by atoms with van der Waals surface area (Å²) >= 11 is 11.8. The Labute approximate surface area is 162 Å². The van der Waals surface area contributed by atoms with Gasteiger partial charge in [-0.15, -0.1) is 23.2 Å². The quantitative estimate of drug-likeness (QED) is 0.562. The zero-order chi connectivity index (χ0) is 19.5. The highest BCUT2D eigenvalue weighted by molar-refractivity contribution is 6.53. The first-order valence-electron chi connectivity index (χ1n) is 8.39. The number of anilines is 1. The molecule has 0 aliphatic heterocycles. The van der Waals surface area contributed by atoms with Crippen LogP contribution in [0.5, 0.6) is 0 Å². The molecule has 1 fully saturated rings. The van der Waals surface area contributed by atoms with Gasteiger partial charge in [-0.3, -0.25) is 14.4 Å². The fourth-order valence-corrected chi connectivity index (χ4v) is 3.19. The maximum absolute atomic E-state index is 12.2. The van der Waals surface area contributed by atoms with Crippen molar-refractivity contribution in [2.45, 2.75) is 31.5 Å². The number of alkyl halides is 2. The highest BCUT2D eigenvalue weighted by Gasteiger charge is 2.69. The third-order valence-corrected chi connectivity index (χ3v) is 5.61. The molecule has 0 radical (unpaired) electrons. The summed E-state index contributed by atoms with van der Waals surface area (Å²) in [7, 11) is 0. The first-order valence-corrected chi connectivity index (χ1v) is 9.14. The SMILES string of the molecule is CCN(CC)C(=O)c1ccc(NC(=O)COC(=O)[C@@]2(C)CC2(Cl)Cl)cc1. The zero-order valence-electron chi connectivity index (χ0n) is 15.0. The molecule has 0 aromatic heterocycles. The number of hydrogen-bond acceptors (Lipinski definition) is 4. The Bertz CT molecular complexity index is 702. The number of benzene rings is 1. The van der Waals surface area contributed by atoms with E-state index >= 15 is 0 Å². The van der Waals surface area contributed by atoms with Crippen molar-refractivity contribution in [1.82, 2.24) is 4.90 Å². The molecule has 0 heterocycles. The van der Waals surface area contributed by atoms with Gasteiger partial charge in [0.2, 0.25) is 0 Å². The number of amides is 2. The maximum atomic E-state index is 12.2. The van der Waals surface area contributed by atoms with Gasteiger partial charge in [0.1, 0.15) is 9.75 Å². The van der Waals surface area contributed by atoms with Crippen LogP contribution in [0.1, 0.15) is 37.6 Å². The third kappa shape index (κ3) is 4.30. The van der Waals surface area contributed by atoms with Crippen LogP contribution in [0.4, 0.5) is 5.69 Å². The number of ether oxygens (including phenoxy) is 1. The van der Waals surface area contributed by atoms with Crippen LogP contribution in [0.25, 0.3) is 0 Å². The number of nitrogens with zero attached hydrogens (tertiary/aromatic N) is 1. The maximum Gasteiger partial charge on any atom is 0.315 e. The molecule has 26 heavy (non-hydrogen) atoms. The van der Waals surface area contributed by atoms with Crippen LogP contribution in [0.2, 0.25) is 0 Å². The Morgan fingerprint density at radius 2 is 1.69 bits per heavy atom. The average Bonchev–Trinajstić information content (AvgIpc) is 3.13. The Balaban J connectivity index is 1.86. The van der Waals surface area contributed by atoms with E-state index in [1.165, 1.54) is 0 Å². The average molecular weight is 401 g/mol. The van der Waals surface area contributed by atoms with Crippen LogP contribution < -0.4 is 5.32 Å². The molecule has 2 rings (SSSR count). The molecule has 2 amide bonds. The van der Waals surface area contributed by atoms with E-state index in [1.54, 1.807) is 36.1 Å². The summed E-state index contributed by atoms with van der Waals surface area (Å²) in [5.41, 5.74) is 0.0761. The summed E-state index contributed by atoms with van der Waals surface area (Å²) in [6, 6.07) is 6.54. The minimum atomic E-state index is -1.13. The van der Waals surface area contributed by atoms with Crippen molar-refractivity contribution < 1.29 is 19.1 Å². The first-order chi connectivity index (χ1) is 12.1. The number of hydrogen-bond donors (Lipinski definition) is 1. The van der Waals surface area contributed by atoms with Crippen molar-refractivity contribution in [1.29, 1.82) is 0 Å². The Morgan fingerprint density at radius 1 is 1.15 bits per heavy atom. The van der Waals surface area contributed by atoms with E-state index in [-0.39, 0.29) is 5.91 Å². The molecule has 1 aromatic rings. The van der Waals surface area contributed by atoms with E-state index in [0.717, 1.165) is 0 Å². The van der Waals surface area contributed by atoms with E-state index in [4.69, 9.17) is 27.9 Å². The second-order valence-electron chi connectivity index (χ2n) is 6.39. The van der Waals surface area contributed by atoms with Gasteiger partial charge < -0.3 is 15.0 Å². The molecular formula is C18H22Cl2N2O4. The molecule has 0 unspecified atom stereocenters. The Hall–Kier alpha value is -1.79.